The molecule has 0 radical (unpaired) electrons. The maximum Gasteiger partial charge on any atom is 0.165 e. The Balaban J connectivity index is 2.14. The fraction of sp³-hybridized carbons (Fsp3) is 0.250. The second-order valence-corrected chi connectivity index (χ2v) is 4.69. The van der Waals surface area contributed by atoms with Crippen molar-refractivity contribution in [1.82, 2.24) is 0 Å². The lowest BCUT2D eigenvalue weighted by atomic mass is 9.98. The molecule has 0 aromatic heterocycles. The Bertz CT molecular complexity index is 568. The predicted octanol–water partition coefficient (Wildman–Crippen LogP) is 3.39. The summed E-state index contributed by atoms with van der Waals surface area (Å²) in [5, 5.41) is 0. The van der Waals surface area contributed by atoms with Crippen LogP contribution in [0.3, 0.4) is 0 Å². The van der Waals surface area contributed by atoms with E-state index in [9.17, 15) is 4.39 Å². The Morgan fingerprint density at radius 1 is 1.21 bits per heavy atom. The molecular weight excluding hydrogens is 241 g/mol. The van der Waals surface area contributed by atoms with Gasteiger partial charge in [0.05, 0.1) is 7.11 Å². The first-order valence-corrected chi connectivity index (χ1v) is 6.24. The average molecular weight is 259 g/mol. The van der Waals surface area contributed by atoms with Crippen LogP contribution < -0.4 is 10.5 Å². The maximum atomic E-state index is 13.6. The van der Waals surface area contributed by atoms with Crippen molar-refractivity contribution < 1.29 is 9.13 Å². The lowest BCUT2D eigenvalue weighted by molar-refractivity contribution is 0.386. The van der Waals surface area contributed by atoms with E-state index >= 15 is 0 Å². The summed E-state index contributed by atoms with van der Waals surface area (Å²) in [6.07, 6.45) is 0.602. The van der Waals surface area contributed by atoms with Crippen LogP contribution in [0.5, 0.6) is 5.75 Å². The molecule has 2 N–H and O–H groups in total. The van der Waals surface area contributed by atoms with Gasteiger partial charge in [-0.05, 0) is 36.6 Å². The Labute approximate surface area is 113 Å². The fourth-order valence-electron chi connectivity index (χ4n) is 2.11. The Kier molecular flexibility index (Phi) is 4.17. The van der Waals surface area contributed by atoms with E-state index in [1.807, 2.05) is 31.2 Å². The molecule has 1 atom stereocenters. The van der Waals surface area contributed by atoms with Crippen molar-refractivity contribution in [2.45, 2.75) is 19.4 Å². The van der Waals surface area contributed by atoms with Gasteiger partial charge in [0, 0.05) is 6.04 Å². The van der Waals surface area contributed by atoms with Gasteiger partial charge in [-0.3, -0.25) is 0 Å². The number of methoxy groups -OCH3 is 1. The molecular formula is C16H18FNO. The molecule has 0 bridgehead atoms. The first-order valence-electron chi connectivity index (χ1n) is 6.24. The maximum absolute atomic E-state index is 13.6. The van der Waals surface area contributed by atoms with Gasteiger partial charge in [0.15, 0.2) is 11.6 Å². The molecule has 2 aromatic carbocycles. The molecule has 0 amide bonds. The highest BCUT2D eigenvalue weighted by Gasteiger charge is 2.09. The van der Waals surface area contributed by atoms with E-state index in [0.29, 0.717) is 6.42 Å². The molecule has 0 fully saturated rings. The second-order valence-electron chi connectivity index (χ2n) is 4.69. The van der Waals surface area contributed by atoms with E-state index in [0.717, 1.165) is 11.1 Å². The van der Waals surface area contributed by atoms with E-state index in [1.54, 1.807) is 6.07 Å². The SMILES string of the molecule is COc1ccc(CC(N)c2cccc(C)c2)cc1F. The molecule has 3 heteroatoms. The van der Waals surface area contributed by atoms with Crippen LogP contribution in [0, 0.1) is 12.7 Å². The third kappa shape index (κ3) is 3.32. The van der Waals surface area contributed by atoms with E-state index in [4.69, 9.17) is 10.5 Å². The summed E-state index contributed by atoms with van der Waals surface area (Å²) in [5.41, 5.74) is 9.27. The molecule has 19 heavy (non-hydrogen) atoms. The molecule has 0 aliphatic carbocycles. The van der Waals surface area contributed by atoms with Gasteiger partial charge in [-0.25, -0.2) is 4.39 Å². The minimum absolute atomic E-state index is 0.132. The van der Waals surface area contributed by atoms with Crippen LogP contribution in [0.25, 0.3) is 0 Å². The Morgan fingerprint density at radius 2 is 2.00 bits per heavy atom. The molecule has 100 valence electrons. The van der Waals surface area contributed by atoms with Crippen molar-refractivity contribution in [2.75, 3.05) is 7.11 Å². The summed E-state index contributed by atoms with van der Waals surface area (Å²) in [6, 6.07) is 12.9. The van der Waals surface area contributed by atoms with Crippen molar-refractivity contribution in [3.8, 4) is 5.75 Å². The van der Waals surface area contributed by atoms with Gasteiger partial charge < -0.3 is 10.5 Å². The summed E-state index contributed by atoms with van der Waals surface area (Å²) in [7, 11) is 1.45. The molecule has 0 aliphatic heterocycles. The number of ether oxygens (including phenoxy) is 1. The first-order chi connectivity index (χ1) is 9.10. The van der Waals surface area contributed by atoms with Crippen molar-refractivity contribution >= 4 is 0 Å². The van der Waals surface area contributed by atoms with Gasteiger partial charge in [-0.1, -0.05) is 35.9 Å². The van der Waals surface area contributed by atoms with E-state index in [-0.39, 0.29) is 17.6 Å². The molecule has 2 aromatic rings. The Hall–Kier alpha value is -1.87. The van der Waals surface area contributed by atoms with Crippen molar-refractivity contribution in [3.63, 3.8) is 0 Å². The summed E-state index contributed by atoms with van der Waals surface area (Å²) in [5.74, 6) is -0.0932. The van der Waals surface area contributed by atoms with E-state index < -0.39 is 0 Å². The van der Waals surface area contributed by atoms with Crippen LogP contribution in [0.15, 0.2) is 42.5 Å². The minimum Gasteiger partial charge on any atom is -0.494 e. The average Bonchev–Trinajstić information content (AvgIpc) is 2.39. The van der Waals surface area contributed by atoms with Crippen molar-refractivity contribution in [2.24, 2.45) is 5.73 Å². The zero-order chi connectivity index (χ0) is 13.8. The molecule has 2 rings (SSSR count). The summed E-state index contributed by atoms with van der Waals surface area (Å²) >= 11 is 0. The largest absolute Gasteiger partial charge is 0.494 e. The molecule has 0 saturated heterocycles. The number of rotatable bonds is 4. The van der Waals surface area contributed by atoms with Crippen LogP contribution in [0.1, 0.15) is 22.7 Å². The van der Waals surface area contributed by atoms with Crippen molar-refractivity contribution in [3.05, 3.63) is 65.0 Å². The van der Waals surface area contributed by atoms with Crippen LogP contribution in [0.4, 0.5) is 4.39 Å². The lowest BCUT2D eigenvalue weighted by Gasteiger charge is -2.13. The van der Waals surface area contributed by atoms with Gasteiger partial charge >= 0.3 is 0 Å². The van der Waals surface area contributed by atoms with Gasteiger partial charge in [0.2, 0.25) is 0 Å². The number of halogens is 1. The zero-order valence-electron chi connectivity index (χ0n) is 11.2. The molecule has 0 heterocycles. The molecule has 0 aliphatic rings. The fourth-order valence-corrected chi connectivity index (χ4v) is 2.11. The topological polar surface area (TPSA) is 35.2 Å². The second kappa shape index (κ2) is 5.85. The first kappa shape index (κ1) is 13.6. The molecule has 0 saturated carbocycles. The Morgan fingerprint density at radius 3 is 2.63 bits per heavy atom. The molecule has 1 unspecified atom stereocenters. The lowest BCUT2D eigenvalue weighted by Crippen LogP contribution is -2.13. The third-order valence-electron chi connectivity index (χ3n) is 3.14. The van der Waals surface area contributed by atoms with E-state index in [2.05, 4.69) is 6.07 Å². The summed E-state index contributed by atoms with van der Waals surface area (Å²) < 4.78 is 18.5. The number of nitrogens with two attached hydrogens (primary N) is 1. The highest BCUT2D eigenvalue weighted by molar-refractivity contribution is 5.31. The van der Waals surface area contributed by atoms with Crippen LogP contribution in [-0.4, -0.2) is 7.11 Å². The standard InChI is InChI=1S/C16H18FNO/c1-11-4-3-5-13(8-11)15(18)10-12-6-7-16(19-2)14(17)9-12/h3-9,15H,10,18H2,1-2H3. The number of hydrogen-bond acceptors (Lipinski definition) is 2. The summed E-state index contributed by atoms with van der Waals surface area (Å²) in [6.45, 7) is 2.03. The van der Waals surface area contributed by atoms with Gasteiger partial charge in [-0.15, -0.1) is 0 Å². The van der Waals surface area contributed by atoms with Crippen molar-refractivity contribution in [1.29, 1.82) is 0 Å². The van der Waals surface area contributed by atoms with Crippen LogP contribution in [-0.2, 0) is 6.42 Å². The highest BCUT2D eigenvalue weighted by atomic mass is 19.1. The molecule has 2 nitrogen and oxygen atoms in total. The van der Waals surface area contributed by atoms with E-state index in [1.165, 1.54) is 18.7 Å². The smallest absolute Gasteiger partial charge is 0.165 e. The van der Waals surface area contributed by atoms with Crippen LogP contribution in [0.2, 0.25) is 0 Å². The zero-order valence-corrected chi connectivity index (χ0v) is 11.2. The van der Waals surface area contributed by atoms with Gasteiger partial charge in [-0.2, -0.15) is 0 Å². The molecule has 0 spiro atoms. The highest BCUT2D eigenvalue weighted by Crippen LogP contribution is 2.22. The predicted molar refractivity (Wildman–Crippen MR) is 74.8 cm³/mol. The number of hydrogen-bond donors (Lipinski definition) is 1. The van der Waals surface area contributed by atoms with Crippen LogP contribution >= 0.6 is 0 Å². The monoisotopic (exact) mass is 259 g/mol. The number of aryl methyl sites for hydroxylation is 1. The number of benzene rings is 2. The third-order valence-corrected chi connectivity index (χ3v) is 3.14. The minimum atomic E-state index is -0.351. The van der Waals surface area contributed by atoms with Gasteiger partial charge in [0.1, 0.15) is 0 Å². The quantitative estimate of drug-likeness (QED) is 0.913. The summed E-state index contributed by atoms with van der Waals surface area (Å²) in [4.78, 5) is 0. The van der Waals surface area contributed by atoms with Gasteiger partial charge in [0.25, 0.3) is 0 Å². The normalized spacial score (nSPS) is 12.2.